The third-order valence-electron chi connectivity index (χ3n) is 2.53. The molecule has 0 spiro atoms. The predicted molar refractivity (Wildman–Crippen MR) is 70.1 cm³/mol. The van der Waals surface area contributed by atoms with Crippen LogP contribution in [0.1, 0.15) is 6.42 Å². The van der Waals surface area contributed by atoms with E-state index >= 15 is 0 Å². The standard InChI is InChI=1S/C12H14N2O2S/c13-10-4-2-9(3-5-10)11-8-17-12(16)14(11)6-1-7-15/h2-5,8,15H,1,6-7,13H2. The zero-order chi connectivity index (χ0) is 12.3. The van der Waals surface area contributed by atoms with E-state index in [0.717, 1.165) is 11.3 Å². The maximum Gasteiger partial charge on any atom is 0.307 e. The van der Waals surface area contributed by atoms with Gasteiger partial charge in [-0.05, 0) is 24.1 Å². The molecule has 0 saturated carbocycles. The van der Waals surface area contributed by atoms with Crippen LogP contribution in [0.15, 0.2) is 34.4 Å². The van der Waals surface area contributed by atoms with Crippen LogP contribution < -0.4 is 10.6 Å². The van der Waals surface area contributed by atoms with E-state index in [4.69, 9.17) is 10.8 Å². The number of anilines is 1. The summed E-state index contributed by atoms with van der Waals surface area (Å²) >= 11 is 1.18. The molecule has 0 saturated heterocycles. The lowest BCUT2D eigenvalue weighted by Gasteiger charge is -2.06. The van der Waals surface area contributed by atoms with Gasteiger partial charge in [-0.15, -0.1) is 0 Å². The Kier molecular flexibility index (Phi) is 3.61. The molecular weight excluding hydrogens is 236 g/mol. The minimum Gasteiger partial charge on any atom is -0.399 e. The predicted octanol–water partition coefficient (Wildman–Crippen LogP) is 1.54. The second kappa shape index (κ2) is 5.16. The summed E-state index contributed by atoms with van der Waals surface area (Å²) in [7, 11) is 0. The number of rotatable bonds is 4. The number of benzene rings is 1. The molecule has 5 heteroatoms. The third kappa shape index (κ3) is 2.57. The van der Waals surface area contributed by atoms with Gasteiger partial charge >= 0.3 is 4.87 Å². The van der Waals surface area contributed by atoms with Gasteiger partial charge in [0, 0.05) is 24.2 Å². The van der Waals surface area contributed by atoms with Crippen molar-refractivity contribution in [1.29, 1.82) is 0 Å². The molecule has 0 aliphatic carbocycles. The smallest absolute Gasteiger partial charge is 0.307 e. The van der Waals surface area contributed by atoms with E-state index in [1.54, 1.807) is 4.57 Å². The average molecular weight is 250 g/mol. The van der Waals surface area contributed by atoms with Gasteiger partial charge in [0.1, 0.15) is 0 Å². The molecule has 0 aliphatic rings. The van der Waals surface area contributed by atoms with Gasteiger partial charge in [-0.2, -0.15) is 0 Å². The minimum absolute atomic E-state index is 0.00488. The number of nitrogens with zero attached hydrogens (tertiary/aromatic N) is 1. The molecule has 90 valence electrons. The molecule has 0 atom stereocenters. The Labute approximate surface area is 103 Å². The highest BCUT2D eigenvalue weighted by Crippen LogP contribution is 2.21. The number of aliphatic hydroxyl groups is 1. The highest BCUT2D eigenvalue weighted by molar-refractivity contribution is 7.07. The number of hydrogen-bond acceptors (Lipinski definition) is 4. The first-order chi connectivity index (χ1) is 8.22. The Balaban J connectivity index is 2.38. The van der Waals surface area contributed by atoms with E-state index in [0.29, 0.717) is 18.7 Å². The van der Waals surface area contributed by atoms with Crippen molar-refractivity contribution < 1.29 is 5.11 Å². The number of nitrogen functional groups attached to an aromatic ring is 1. The Morgan fingerprint density at radius 3 is 2.65 bits per heavy atom. The van der Waals surface area contributed by atoms with Crippen LogP contribution in [0.3, 0.4) is 0 Å². The van der Waals surface area contributed by atoms with Gasteiger partial charge in [-0.1, -0.05) is 23.5 Å². The van der Waals surface area contributed by atoms with Gasteiger partial charge in [0.2, 0.25) is 0 Å². The quantitative estimate of drug-likeness (QED) is 0.809. The highest BCUT2D eigenvalue weighted by Gasteiger charge is 2.08. The molecule has 1 aromatic carbocycles. The molecule has 3 N–H and O–H groups in total. The topological polar surface area (TPSA) is 68.2 Å². The largest absolute Gasteiger partial charge is 0.399 e. The Morgan fingerprint density at radius 1 is 1.29 bits per heavy atom. The van der Waals surface area contributed by atoms with Crippen molar-refractivity contribution in [3.8, 4) is 11.3 Å². The van der Waals surface area contributed by atoms with Crippen molar-refractivity contribution in [2.75, 3.05) is 12.3 Å². The third-order valence-corrected chi connectivity index (χ3v) is 3.29. The van der Waals surface area contributed by atoms with E-state index in [-0.39, 0.29) is 11.5 Å². The number of aromatic nitrogens is 1. The summed E-state index contributed by atoms with van der Waals surface area (Å²) in [6.07, 6.45) is 0.582. The second-order valence-electron chi connectivity index (χ2n) is 3.74. The lowest BCUT2D eigenvalue weighted by atomic mass is 10.1. The highest BCUT2D eigenvalue weighted by atomic mass is 32.1. The Bertz CT molecular complexity index is 542. The van der Waals surface area contributed by atoms with Crippen molar-refractivity contribution in [3.05, 3.63) is 39.3 Å². The average Bonchev–Trinajstić information content (AvgIpc) is 2.69. The summed E-state index contributed by atoms with van der Waals surface area (Å²) in [6, 6.07) is 7.42. The Hall–Kier alpha value is -1.59. The van der Waals surface area contributed by atoms with Crippen LogP contribution in [0.4, 0.5) is 5.69 Å². The molecule has 0 unspecified atom stereocenters. The lowest BCUT2D eigenvalue weighted by Crippen LogP contribution is -2.15. The van der Waals surface area contributed by atoms with E-state index in [9.17, 15) is 4.79 Å². The normalized spacial score (nSPS) is 10.6. The molecule has 1 aromatic heterocycles. The molecule has 0 aliphatic heterocycles. The molecule has 2 rings (SSSR count). The zero-order valence-electron chi connectivity index (χ0n) is 9.30. The van der Waals surface area contributed by atoms with Crippen molar-refractivity contribution in [1.82, 2.24) is 4.57 Å². The van der Waals surface area contributed by atoms with Crippen LogP contribution in [0.25, 0.3) is 11.3 Å². The Morgan fingerprint density at radius 2 is 2.00 bits per heavy atom. The lowest BCUT2D eigenvalue weighted by molar-refractivity contribution is 0.279. The van der Waals surface area contributed by atoms with Gasteiger partial charge < -0.3 is 10.8 Å². The first-order valence-corrected chi connectivity index (χ1v) is 6.25. The fraction of sp³-hybridized carbons (Fsp3) is 0.250. The zero-order valence-corrected chi connectivity index (χ0v) is 10.1. The van der Waals surface area contributed by atoms with E-state index in [1.165, 1.54) is 11.3 Å². The SMILES string of the molecule is Nc1ccc(-c2csc(=O)n2CCCO)cc1. The second-order valence-corrected chi connectivity index (χ2v) is 4.56. The first kappa shape index (κ1) is 11.9. The van der Waals surface area contributed by atoms with Gasteiger partial charge in [0.15, 0.2) is 0 Å². The summed E-state index contributed by atoms with van der Waals surface area (Å²) in [5.41, 5.74) is 8.18. The fourth-order valence-corrected chi connectivity index (χ4v) is 2.44. The van der Waals surface area contributed by atoms with Crippen LogP contribution in [0, 0.1) is 0 Å². The van der Waals surface area contributed by atoms with Crippen LogP contribution in [0.5, 0.6) is 0 Å². The molecule has 0 amide bonds. The maximum absolute atomic E-state index is 11.7. The van der Waals surface area contributed by atoms with E-state index in [2.05, 4.69) is 0 Å². The summed E-state index contributed by atoms with van der Waals surface area (Å²) in [5, 5.41) is 10.7. The molecule has 2 aromatic rings. The van der Waals surface area contributed by atoms with Crippen LogP contribution in [-0.4, -0.2) is 16.3 Å². The molecule has 0 bridgehead atoms. The molecule has 0 radical (unpaired) electrons. The van der Waals surface area contributed by atoms with Crippen LogP contribution in [0.2, 0.25) is 0 Å². The van der Waals surface area contributed by atoms with Gasteiger partial charge in [-0.3, -0.25) is 9.36 Å². The first-order valence-electron chi connectivity index (χ1n) is 5.37. The molecule has 17 heavy (non-hydrogen) atoms. The summed E-state index contributed by atoms with van der Waals surface area (Å²) in [4.78, 5) is 11.7. The summed E-state index contributed by atoms with van der Waals surface area (Å²) in [6.45, 7) is 0.627. The van der Waals surface area contributed by atoms with Crippen LogP contribution in [-0.2, 0) is 6.54 Å². The maximum atomic E-state index is 11.7. The van der Waals surface area contributed by atoms with Crippen LogP contribution >= 0.6 is 11.3 Å². The molecule has 1 heterocycles. The van der Waals surface area contributed by atoms with Gasteiger partial charge in [0.25, 0.3) is 0 Å². The summed E-state index contributed by atoms with van der Waals surface area (Å²) in [5.74, 6) is 0. The molecule has 0 fully saturated rings. The van der Waals surface area contributed by atoms with Gasteiger partial charge in [-0.25, -0.2) is 0 Å². The van der Waals surface area contributed by atoms with Crippen molar-refractivity contribution in [2.24, 2.45) is 0 Å². The molecule has 4 nitrogen and oxygen atoms in total. The van der Waals surface area contributed by atoms with Crippen molar-refractivity contribution >= 4 is 17.0 Å². The monoisotopic (exact) mass is 250 g/mol. The number of thiazole rings is 1. The van der Waals surface area contributed by atoms with E-state index in [1.807, 2.05) is 29.6 Å². The number of aliphatic hydroxyl groups excluding tert-OH is 1. The van der Waals surface area contributed by atoms with E-state index < -0.39 is 0 Å². The number of hydrogen-bond donors (Lipinski definition) is 2. The fourth-order valence-electron chi connectivity index (χ4n) is 1.65. The minimum atomic E-state index is 0.00488. The van der Waals surface area contributed by atoms with Crippen molar-refractivity contribution in [2.45, 2.75) is 13.0 Å². The van der Waals surface area contributed by atoms with Crippen molar-refractivity contribution in [3.63, 3.8) is 0 Å². The molecular formula is C12H14N2O2S. The number of nitrogens with two attached hydrogens (primary N) is 1. The van der Waals surface area contributed by atoms with Gasteiger partial charge in [0.05, 0.1) is 5.69 Å². The summed E-state index contributed by atoms with van der Waals surface area (Å²) < 4.78 is 1.69.